The van der Waals surface area contributed by atoms with Gasteiger partial charge in [-0.25, -0.2) is 14.8 Å². The molecule has 1 aliphatic rings. The van der Waals surface area contributed by atoms with Crippen molar-refractivity contribution in [2.45, 2.75) is 45.8 Å². The molecule has 0 spiro atoms. The quantitative estimate of drug-likeness (QED) is 0.278. The highest BCUT2D eigenvalue weighted by atomic mass is 16.5. The molecule has 1 aromatic carbocycles. The second-order valence-corrected chi connectivity index (χ2v) is 9.60. The number of carbonyl (C=O) groups excluding carboxylic acids is 1. The lowest BCUT2D eigenvalue weighted by Gasteiger charge is -2.32. The van der Waals surface area contributed by atoms with Gasteiger partial charge >= 0.3 is 6.09 Å². The SMILES string of the molecule is CNC[C@H](O)COc1cccc(-c2nc(NC3CCN(C(=O)OC)CC3)c(C)c(-c3c(C)noc3C)n2)c1.O=CO. The zero-order valence-corrected chi connectivity index (χ0v) is 24.0. The van der Waals surface area contributed by atoms with E-state index < -0.39 is 6.10 Å². The Morgan fingerprint density at radius 2 is 1.95 bits per heavy atom. The molecule has 41 heavy (non-hydrogen) atoms. The number of likely N-dealkylation sites (tertiary alicyclic amines) is 1. The number of aliphatic hydroxyl groups is 1. The first-order valence-electron chi connectivity index (χ1n) is 13.3. The Balaban J connectivity index is 0.00000147. The van der Waals surface area contributed by atoms with Crippen molar-refractivity contribution in [3.8, 4) is 28.4 Å². The largest absolute Gasteiger partial charge is 0.491 e. The van der Waals surface area contributed by atoms with E-state index in [4.69, 9.17) is 33.9 Å². The number of ether oxygens (including phenoxy) is 2. The molecular formula is C28H38N6O7. The average Bonchev–Trinajstić information content (AvgIpc) is 3.31. The molecule has 13 heteroatoms. The summed E-state index contributed by atoms with van der Waals surface area (Å²) in [6.07, 6.45) is 0.622. The monoisotopic (exact) mass is 570 g/mol. The Hall–Kier alpha value is -4.23. The van der Waals surface area contributed by atoms with E-state index in [0.717, 1.165) is 46.7 Å². The van der Waals surface area contributed by atoms with Gasteiger partial charge in [0.2, 0.25) is 0 Å². The van der Waals surface area contributed by atoms with Crippen molar-refractivity contribution < 1.29 is 33.8 Å². The number of nitrogens with zero attached hydrogens (tertiary/aromatic N) is 4. The van der Waals surface area contributed by atoms with Crippen molar-refractivity contribution in [1.82, 2.24) is 25.3 Å². The number of hydrogen-bond acceptors (Lipinski definition) is 11. The molecule has 4 N–H and O–H groups in total. The Morgan fingerprint density at radius 3 is 2.56 bits per heavy atom. The molecular weight excluding hydrogens is 532 g/mol. The van der Waals surface area contributed by atoms with Gasteiger partial charge in [-0.2, -0.15) is 0 Å². The fraction of sp³-hybridized carbons (Fsp3) is 0.464. The summed E-state index contributed by atoms with van der Waals surface area (Å²) >= 11 is 0. The van der Waals surface area contributed by atoms with Crippen LogP contribution >= 0.6 is 0 Å². The van der Waals surface area contributed by atoms with E-state index in [1.165, 1.54) is 7.11 Å². The molecule has 1 fully saturated rings. The summed E-state index contributed by atoms with van der Waals surface area (Å²) in [6.45, 7) is 7.33. The zero-order chi connectivity index (χ0) is 29.9. The summed E-state index contributed by atoms with van der Waals surface area (Å²) in [4.78, 5) is 31.8. The summed E-state index contributed by atoms with van der Waals surface area (Å²) in [7, 11) is 3.18. The molecule has 222 valence electrons. The molecule has 0 aliphatic carbocycles. The Morgan fingerprint density at radius 1 is 1.24 bits per heavy atom. The van der Waals surface area contributed by atoms with Crippen LogP contribution in [0.4, 0.5) is 10.6 Å². The number of rotatable bonds is 9. The lowest BCUT2D eigenvalue weighted by atomic mass is 10.0. The zero-order valence-electron chi connectivity index (χ0n) is 24.0. The number of methoxy groups -OCH3 is 1. The minimum Gasteiger partial charge on any atom is -0.491 e. The van der Waals surface area contributed by atoms with Gasteiger partial charge in [-0.15, -0.1) is 0 Å². The number of aromatic nitrogens is 3. The predicted octanol–water partition coefficient (Wildman–Crippen LogP) is 3.03. The van der Waals surface area contributed by atoms with Crippen molar-refractivity contribution >= 4 is 18.4 Å². The van der Waals surface area contributed by atoms with Crippen LogP contribution in [-0.2, 0) is 9.53 Å². The smallest absolute Gasteiger partial charge is 0.409 e. The minimum atomic E-state index is -0.619. The molecule has 0 unspecified atom stereocenters. The van der Waals surface area contributed by atoms with Crippen LogP contribution in [0, 0.1) is 20.8 Å². The van der Waals surface area contributed by atoms with E-state index in [9.17, 15) is 9.90 Å². The van der Waals surface area contributed by atoms with Gasteiger partial charge in [0, 0.05) is 36.8 Å². The molecule has 0 saturated carbocycles. The van der Waals surface area contributed by atoms with Crippen LogP contribution < -0.4 is 15.4 Å². The van der Waals surface area contributed by atoms with E-state index >= 15 is 0 Å². The van der Waals surface area contributed by atoms with E-state index in [1.807, 2.05) is 45.0 Å². The maximum atomic E-state index is 11.9. The second-order valence-electron chi connectivity index (χ2n) is 9.60. The van der Waals surface area contributed by atoms with Crippen molar-refractivity contribution in [2.24, 2.45) is 0 Å². The van der Waals surface area contributed by atoms with Crippen LogP contribution in [0.15, 0.2) is 28.8 Å². The summed E-state index contributed by atoms with van der Waals surface area (Å²) in [6, 6.07) is 7.65. The fourth-order valence-electron chi connectivity index (χ4n) is 4.59. The van der Waals surface area contributed by atoms with E-state index in [-0.39, 0.29) is 25.2 Å². The summed E-state index contributed by atoms with van der Waals surface area (Å²) in [5.41, 5.74) is 4.01. The maximum Gasteiger partial charge on any atom is 0.409 e. The van der Waals surface area contributed by atoms with Crippen LogP contribution in [0.3, 0.4) is 0 Å². The van der Waals surface area contributed by atoms with Gasteiger partial charge in [0.1, 0.15) is 30.0 Å². The van der Waals surface area contributed by atoms with Crippen LogP contribution in [0.1, 0.15) is 29.9 Å². The van der Waals surface area contributed by atoms with Gasteiger partial charge < -0.3 is 39.7 Å². The van der Waals surface area contributed by atoms with Crippen molar-refractivity contribution in [3.05, 3.63) is 41.3 Å². The maximum absolute atomic E-state index is 11.9. The number of amides is 1. The molecule has 1 amide bonds. The number of aryl methyl sites for hydroxylation is 2. The molecule has 0 radical (unpaired) electrons. The third-order valence-corrected chi connectivity index (χ3v) is 6.66. The number of aliphatic hydroxyl groups excluding tert-OH is 1. The number of piperidine rings is 1. The fourth-order valence-corrected chi connectivity index (χ4v) is 4.59. The summed E-state index contributed by atoms with van der Waals surface area (Å²) in [5.74, 6) is 2.55. The normalized spacial score (nSPS) is 14.0. The lowest BCUT2D eigenvalue weighted by molar-refractivity contribution is -0.122. The van der Waals surface area contributed by atoms with Crippen LogP contribution in [0.5, 0.6) is 5.75 Å². The standard InChI is InChI=1S/C27H36N6O5.CH2O2/c1-16-24(23-17(2)32-38-18(23)3)30-26(19-7-6-8-22(13-19)37-15-21(34)14-28-4)31-25(16)29-20-9-11-33(12-10-20)27(35)36-5;2-1-3/h6-8,13,20-21,28,34H,9-12,14-15H2,1-5H3,(H,29,30,31);1H,(H,2,3)/t21-;/m0./s1. The molecule has 1 atom stereocenters. The van der Waals surface area contributed by atoms with Gasteiger partial charge in [-0.3, -0.25) is 4.79 Å². The molecule has 1 saturated heterocycles. The number of hydrogen-bond donors (Lipinski definition) is 4. The first-order valence-corrected chi connectivity index (χ1v) is 13.3. The number of benzene rings is 1. The third kappa shape index (κ3) is 8.14. The van der Waals surface area contributed by atoms with Crippen molar-refractivity contribution in [2.75, 3.05) is 45.7 Å². The van der Waals surface area contributed by atoms with Crippen LogP contribution in [0.2, 0.25) is 0 Å². The molecule has 1 aliphatic heterocycles. The summed E-state index contributed by atoms with van der Waals surface area (Å²) in [5, 5.41) is 27.6. The van der Waals surface area contributed by atoms with E-state index in [0.29, 0.717) is 37.0 Å². The van der Waals surface area contributed by atoms with Crippen molar-refractivity contribution in [3.63, 3.8) is 0 Å². The van der Waals surface area contributed by atoms with Gasteiger partial charge in [-0.1, -0.05) is 17.3 Å². The molecule has 4 rings (SSSR count). The molecule has 13 nitrogen and oxygen atoms in total. The highest BCUT2D eigenvalue weighted by Crippen LogP contribution is 2.34. The van der Waals surface area contributed by atoms with Crippen molar-refractivity contribution in [1.29, 1.82) is 0 Å². The van der Waals surface area contributed by atoms with Gasteiger partial charge in [0.05, 0.1) is 24.1 Å². The Labute approximate surface area is 238 Å². The van der Waals surface area contributed by atoms with Gasteiger partial charge in [0.15, 0.2) is 5.82 Å². The number of carbonyl (C=O) groups is 2. The van der Waals surface area contributed by atoms with Gasteiger partial charge in [-0.05, 0) is 52.8 Å². The second kappa shape index (κ2) is 15.0. The lowest BCUT2D eigenvalue weighted by Crippen LogP contribution is -2.42. The topological polar surface area (TPSA) is 172 Å². The molecule has 3 aromatic rings. The highest BCUT2D eigenvalue weighted by molar-refractivity contribution is 5.74. The predicted molar refractivity (Wildman–Crippen MR) is 152 cm³/mol. The average molecular weight is 571 g/mol. The first-order chi connectivity index (χ1) is 19.7. The first kappa shape index (κ1) is 31.3. The molecule has 0 bridgehead atoms. The number of likely N-dealkylation sites (N-methyl/N-ethyl adjacent to an activating group) is 1. The summed E-state index contributed by atoms with van der Waals surface area (Å²) < 4.78 is 16.1. The number of nitrogens with one attached hydrogen (secondary N) is 2. The van der Waals surface area contributed by atoms with Crippen LogP contribution in [-0.4, -0.2) is 95.3 Å². The number of anilines is 1. The Kier molecular flexibility index (Phi) is 11.4. The Bertz CT molecular complexity index is 1290. The third-order valence-electron chi connectivity index (χ3n) is 6.66. The van der Waals surface area contributed by atoms with E-state index in [2.05, 4.69) is 15.8 Å². The molecule has 3 heterocycles. The van der Waals surface area contributed by atoms with E-state index in [1.54, 1.807) is 11.9 Å². The highest BCUT2D eigenvalue weighted by Gasteiger charge is 2.26. The molecule has 2 aromatic heterocycles. The van der Waals surface area contributed by atoms with Gasteiger partial charge in [0.25, 0.3) is 6.47 Å². The number of carboxylic acid groups (broad SMARTS) is 1. The minimum absolute atomic E-state index is 0.137. The van der Waals surface area contributed by atoms with Crippen LogP contribution in [0.25, 0.3) is 22.6 Å².